The number of hydrogen-bond acceptors (Lipinski definition) is 7. The Morgan fingerprint density at radius 3 is 2.50 bits per heavy atom. The van der Waals surface area contributed by atoms with Gasteiger partial charge >= 0.3 is 5.97 Å². The molecule has 1 aromatic heterocycles. The predicted octanol–water partition coefficient (Wildman–Crippen LogP) is 3.29. The van der Waals surface area contributed by atoms with E-state index in [0.29, 0.717) is 38.5 Å². The number of nitrogens with zero attached hydrogens (tertiary/aromatic N) is 3. The lowest BCUT2D eigenvalue weighted by Crippen LogP contribution is -2.40. The molecule has 1 atom stereocenters. The molecule has 2 aliphatic rings. The van der Waals surface area contributed by atoms with Crippen LogP contribution < -0.4 is 24.5 Å². The minimum Gasteiger partial charge on any atom is -0.497 e. The minimum atomic E-state index is -0.862. The second-order valence-electron chi connectivity index (χ2n) is 9.28. The molecule has 0 saturated carbocycles. The molecule has 40 heavy (non-hydrogen) atoms. The zero-order chi connectivity index (χ0) is 28.0. The third-order valence-electron chi connectivity index (χ3n) is 7.04. The molecule has 200 valence electrons. The van der Waals surface area contributed by atoms with Crippen molar-refractivity contribution in [3.63, 3.8) is 0 Å². The number of esters is 1. The molecule has 0 fully saturated rings. The summed E-state index contributed by atoms with van der Waals surface area (Å²) in [5, 5.41) is 0. The molecular weight excluding hydrogens is 526 g/mol. The van der Waals surface area contributed by atoms with Gasteiger partial charge in [0, 0.05) is 18.2 Å². The number of benzene rings is 3. The highest BCUT2D eigenvalue weighted by Gasteiger charge is 2.37. The van der Waals surface area contributed by atoms with Crippen molar-refractivity contribution in [3.05, 3.63) is 121 Å². The van der Waals surface area contributed by atoms with Gasteiger partial charge in [-0.05, 0) is 30.7 Å². The minimum absolute atomic E-state index is 0.154. The normalized spacial score (nSPS) is 17.3. The Labute approximate surface area is 233 Å². The molecule has 8 nitrogen and oxygen atoms in total. The summed E-state index contributed by atoms with van der Waals surface area (Å²) in [5.41, 5.74) is 3.36. The van der Waals surface area contributed by atoms with Crippen LogP contribution in [0.2, 0.25) is 0 Å². The van der Waals surface area contributed by atoms with Crippen LogP contribution in [0, 0.1) is 0 Å². The number of likely N-dealkylation sites (N-methyl/N-ethyl adjacent to an activating group) is 1. The van der Waals surface area contributed by atoms with E-state index in [1.807, 2.05) is 66.7 Å². The molecule has 0 unspecified atom stereocenters. The smallest absolute Gasteiger partial charge is 0.338 e. The second kappa shape index (κ2) is 10.1. The number of hydrogen-bond donors (Lipinski definition) is 0. The van der Waals surface area contributed by atoms with Crippen LogP contribution in [-0.2, 0) is 14.3 Å². The Kier molecular flexibility index (Phi) is 6.43. The van der Waals surface area contributed by atoms with Crippen LogP contribution in [0.4, 0.5) is 5.69 Å². The van der Waals surface area contributed by atoms with Crippen molar-refractivity contribution in [2.24, 2.45) is 4.99 Å². The number of carbonyl (C=O) groups excluding carboxylic acids is 2. The summed E-state index contributed by atoms with van der Waals surface area (Å²) in [6.45, 7) is 1.89. The summed E-state index contributed by atoms with van der Waals surface area (Å²) in [7, 11) is 3.25. The molecule has 9 heteroatoms. The molecule has 0 N–H and O–H groups in total. The molecule has 0 aliphatic carbocycles. The maximum absolute atomic E-state index is 14.3. The van der Waals surface area contributed by atoms with Gasteiger partial charge in [-0.1, -0.05) is 72.0 Å². The van der Waals surface area contributed by atoms with Crippen molar-refractivity contribution in [2.75, 3.05) is 25.7 Å². The topological polar surface area (TPSA) is 90.2 Å². The Balaban J connectivity index is 1.73. The van der Waals surface area contributed by atoms with Crippen molar-refractivity contribution in [3.8, 4) is 5.75 Å². The SMILES string of the molecule is CCOC(=O)C1=C(c2ccccc2)N=c2s/c(=C3\C(=O)N(C)c4ccccc43)c(=O)n2[C@H]1c1cccc(OC)c1. The molecule has 0 spiro atoms. The van der Waals surface area contributed by atoms with Crippen molar-refractivity contribution in [1.82, 2.24) is 4.57 Å². The fourth-order valence-electron chi connectivity index (χ4n) is 5.21. The Bertz CT molecular complexity index is 1890. The van der Waals surface area contributed by atoms with Crippen LogP contribution in [0.5, 0.6) is 5.75 Å². The van der Waals surface area contributed by atoms with Crippen LogP contribution >= 0.6 is 11.3 Å². The molecule has 4 aromatic rings. The predicted molar refractivity (Wildman–Crippen MR) is 153 cm³/mol. The zero-order valence-corrected chi connectivity index (χ0v) is 22.9. The number of methoxy groups -OCH3 is 1. The van der Waals surface area contributed by atoms with E-state index >= 15 is 0 Å². The van der Waals surface area contributed by atoms with E-state index in [2.05, 4.69) is 0 Å². The summed E-state index contributed by atoms with van der Waals surface area (Å²) in [6, 6.07) is 23.1. The van der Waals surface area contributed by atoms with E-state index in [1.165, 1.54) is 4.57 Å². The van der Waals surface area contributed by atoms with Crippen LogP contribution in [0.3, 0.4) is 0 Å². The molecule has 0 bridgehead atoms. The Morgan fingerprint density at radius 2 is 1.75 bits per heavy atom. The number of carbonyl (C=O) groups is 2. The third-order valence-corrected chi connectivity index (χ3v) is 8.09. The van der Waals surface area contributed by atoms with Crippen LogP contribution in [-0.4, -0.2) is 37.2 Å². The maximum Gasteiger partial charge on any atom is 0.338 e. The van der Waals surface area contributed by atoms with Gasteiger partial charge in [0.15, 0.2) is 4.80 Å². The van der Waals surface area contributed by atoms with Crippen molar-refractivity contribution >= 4 is 40.2 Å². The van der Waals surface area contributed by atoms with Gasteiger partial charge in [-0.3, -0.25) is 14.2 Å². The molecule has 6 rings (SSSR count). The number of fused-ring (bicyclic) bond motifs is 2. The first-order valence-corrected chi connectivity index (χ1v) is 13.6. The lowest BCUT2D eigenvalue weighted by Gasteiger charge is -2.26. The number of amides is 1. The van der Waals surface area contributed by atoms with Gasteiger partial charge < -0.3 is 14.4 Å². The first kappa shape index (κ1) is 25.5. The Morgan fingerprint density at radius 1 is 1.00 bits per heavy atom. The molecule has 3 aromatic carbocycles. The summed E-state index contributed by atoms with van der Waals surface area (Å²) in [4.78, 5) is 48.1. The van der Waals surface area contributed by atoms with Gasteiger partial charge in [-0.15, -0.1) is 0 Å². The molecule has 2 aliphatic heterocycles. The second-order valence-corrected chi connectivity index (χ2v) is 10.3. The zero-order valence-electron chi connectivity index (χ0n) is 22.1. The fraction of sp³-hybridized carbons (Fsp3) is 0.161. The summed E-state index contributed by atoms with van der Waals surface area (Å²) in [5.74, 6) is -0.263. The lowest BCUT2D eigenvalue weighted by atomic mass is 9.93. The summed E-state index contributed by atoms with van der Waals surface area (Å²) in [6.07, 6.45) is 0. The first-order valence-electron chi connectivity index (χ1n) is 12.8. The fourth-order valence-corrected chi connectivity index (χ4v) is 6.30. The lowest BCUT2D eigenvalue weighted by molar-refractivity contribution is -0.138. The standard InChI is InChI=1S/C31H25N3O5S/c1-4-39-30(37)24-25(18-11-6-5-7-12-18)32-31-34(26(24)19-13-10-14-20(17-19)38-3)29(36)27(40-31)23-21-15-8-9-16-22(21)33(2)28(23)35/h5-17,26H,4H2,1-3H3/b27-23-/t26-/m0/s1. The summed E-state index contributed by atoms with van der Waals surface area (Å²) < 4.78 is 12.8. The summed E-state index contributed by atoms with van der Waals surface area (Å²) >= 11 is 1.14. The molecule has 0 saturated heterocycles. The maximum atomic E-state index is 14.3. The van der Waals surface area contributed by atoms with Gasteiger partial charge in [0.2, 0.25) is 0 Å². The number of ether oxygens (including phenoxy) is 2. The van der Waals surface area contributed by atoms with E-state index in [-0.39, 0.29) is 22.6 Å². The first-order chi connectivity index (χ1) is 19.4. The number of para-hydroxylation sites is 1. The largest absolute Gasteiger partial charge is 0.497 e. The molecule has 3 heterocycles. The number of anilines is 1. The quantitative estimate of drug-likeness (QED) is 0.355. The highest BCUT2D eigenvalue weighted by atomic mass is 32.1. The number of rotatable bonds is 5. The average Bonchev–Trinajstić information content (AvgIpc) is 3.44. The van der Waals surface area contributed by atoms with E-state index < -0.39 is 17.6 Å². The monoisotopic (exact) mass is 551 g/mol. The van der Waals surface area contributed by atoms with Gasteiger partial charge in [0.25, 0.3) is 11.5 Å². The van der Waals surface area contributed by atoms with Crippen molar-refractivity contribution in [1.29, 1.82) is 0 Å². The number of aromatic nitrogens is 1. The molecule has 0 radical (unpaired) electrons. The Hall–Kier alpha value is -4.76. The van der Waals surface area contributed by atoms with E-state index in [9.17, 15) is 14.4 Å². The average molecular weight is 552 g/mol. The molecular formula is C31H25N3O5S. The van der Waals surface area contributed by atoms with E-state index in [4.69, 9.17) is 14.5 Å². The van der Waals surface area contributed by atoms with Crippen molar-refractivity contribution in [2.45, 2.75) is 13.0 Å². The van der Waals surface area contributed by atoms with Gasteiger partial charge in [-0.25, -0.2) is 9.79 Å². The van der Waals surface area contributed by atoms with E-state index in [0.717, 1.165) is 17.0 Å². The van der Waals surface area contributed by atoms with Gasteiger partial charge in [0.05, 0.1) is 42.3 Å². The third kappa shape index (κ3) is 3.97. The molecule has 1 amide bonds. The van der Waals surface area contributed by atoms with Gasteiger partial charge in [-0.2, -0.15) is 0 Å². The van der Waals surface area contributed by atoms with Crippen molar-refractivity contribution < 1.29 is 19.1 Å². The number of thiazole rings is 1. The van der Waals surface area contributed by atoms with Crippen LogP contribution in [0.25, 0.3) is 11.3 Å². The van der Waals surface area contributed by atoms with E-state index in [1.54, 1.807) is 38.1 Å². The van der Waals surface area contributed by atoms with Crippen LogP contribution in [0.15, 0.2) is 94.2 Å². The van der Waals surface area contributed by atoms with Gasteiger partial charge in [0.1, 0.15) is 10.3 Å². The van der Waals surface area contributed by atoms with Crippen LogP contribution in [0.1, 0.15) is 29.7 Å². The highest BCUT2D eigenvalue weighted by molar-refractivity contribution is 7.07. The highest BCUT2D eigenvalue weighted by Crippen LogP contribution is 2.37.